The van der Waals surface area contributed by atoms with Gasteiger partial charge >= 0.3 is 6.09 Å². The minimum Gasteiger partial charge on any atom is -0.444 e. The van der Waals surface area contributed by atoms with Crippen LogP contribution in [0, 0.1) is 11.3 Å². The predicted octanol–water partition coefficient (Wildman–Crippen LogP) is 2.48. The van der Waals surface area contributed by atoms with Crippen LogP contribution in [-0.2, 0) is 4.74 Å². The smallest absolute Gasteiger partial charge is 0.410 e. The van der Waals surface area contributed by atoms with E-state index in [1.165, 1.54) is 0 Å². The van der Waals surface area contributed by atoms with E-state index in [1.54, 1.807) is 4.90 Å². The highest BCUT2D eigenvalue weighted by atomic mass is 16.6. The Morgan fingerprint density at radius 2 is 1.74 bits per heavy atom. The van der Waals surface area contributed by atoms with Crippen LogP contribution in [0.25, 0.3) is 0 Å². The van der Waals surface area contributed by atoms with Crippen LogP contribution in [-0.4, -0.2) is 55.2 Å². The molecule has 0 bridgehead atoms. The van der Waals surface area contributed by atoms with E-state index in [-0.39, 0.29) is 6.09 Å². The number of rotatable bonds is 7. The molecule has 110 valence electrons. The zero-order valence-electron chi connectivity index (χ0n) is 12.9. The molecule has 1 amide bonds. The molecular weight excluding hydrogens is 242 g/mol. The van der Waals surface area contributed by atoms with Gasteiger partial charge in [0.05, 0.1) is 12.5 Å². The molecule has 0 aromatic heterocycles. The number of hydrogen-bond acceptors (Lipinski definition) is 4. The van der Waals surface area contributed by atoms with E-state index in [9.17, 15) is 4.79 Å². The van der Waals surface area contributed by atoms with Gasteiger partial charge in [-0.3, -0.25) is 0 Å². The van der Waals surface area contributed by atoms with Crippen molar-refractivity contribution in [1.29, 1.82) is 5.26 Å². The van der Waals surface area contributed by atoms with Gasteiger partial charge in [-0.1, -0.05) is 0 Å². The highest BCUT2D eigenvalue weighted by molar-refractivity contribution is 5.68. The van der Waals surface area contributed by atoms with E-state index in [1.807, 2.05) is 34.9 Å². The fourth-order valence-electron chi connectivity index (χ4n) is 1.54. The molecule has 0 aromatic carbocycles. The maximum atomic E-state index is 12.0. The molecule has 0 atom stereocenters. The van der Waals surface area contributed by atoms with Gasteiger partial charge in [0, 0.05) is 13.1 Å². The summed E-state index contributed by atoms with van der Waals surface area (Å²) in [5, 5.41) is 8.64. The fraction of sp³-hybridized carbons (Fsp3) is 0.857. The number of nitrogens with zero attached hydrogens (tertiary/aromatic N) is 3. The predicted molar refractivity (Wildman–Crippen MR) is 75.8 cm³/mol. The molecule has 0 radical (unpaired) electrons. The normalized spacial score (nSPS) is 11.2. The van der Waals surface area contributed by atoms with Crippen LogP contribution in [0.4, 0.5) is 4.79 Å². The number of amides is 1. The van der Waals surface area contributed by atoms with Crippen LogP contribution in [0.3, 0.4) is 0 Å². The summed E-state index contributed by atoms with van der Waals surface area (Å²) in [4.78, 5) is 15.7. The molecule has 0 N–H and O–H groups in total. The zero-order chi connectivity index (χ0) is 14.9. The molecule has 19 heavy (non-hydrogen) atoms. The zero-order valence-corrected chi connectivity index (χ0v) is 12.9. The summed E-state index contributed by atoms with van der Waals surface area (Å²) in [6.45, 7) is 7.62. The molecule has 0 aliphatic carbocycles. The molecule has 0 heterocycles. The Morgan fingerprint density at radius 3 is 2.21 bits per heavy atom. The Hall–Kier alpha value is -1.28. The number of ether oxygens (including phenoxy) is 1. The molecule has 0 saturated heterocycles. The van der Waals surface area contributed by atoms with E-state index >= 15 is 0 Å². The van der Waals surface area contributed by atoms with Crippen LogP contribution in [0.1, 0.15) is 40.0 Å². The minimum absolute atomic E-state index is 0.326. The van der Waals surface area contributed by atoms with Gasteiger partial charge in [-0.15, -0.1) is 0 Å². The Labute approximate surface area is 117 Å². The largest absolute Gasteiger partial charge is 0.444 e. The second kappa shape index (κ2) is 8.76. The van der Waals surface area contributed by atoms with Crippen molar-refractivity contribution >= 4 is 6.09 Å². The van der Waals surface area contributed by atoms with Crippen LogP contribution < -0.4 is 0 Å². The van der Waals surface area contributed by atoms with E-state index < -0.39 is 5.60 Å². The molecule has 0 fully saturated rings. The van der Waals surface area contributed by atoms with Gasteiger partial charge in [-0.05, 0) is 54.3 Å². The topological polar surface area (TPSA) is 56.6 Å². The van der Waals surface area contributed by atoms with Crippen molar-refractivity contribution in [2.24, 2.45) is 0 Å². The Bertz CT molecular complexity index is 303. The number of nitriles is 1. The highest BCUT2D eigenvalue weighted by Crippen LogP contribution is 2.11. The summed E-state index contributed by atoms with van der Waals surface area (Å²) in [6, 6.07) is 2.07. The Kier molecular flexibility index (Phi) is 8.17. The SMILES string of the molecule is CN(C)CCCCN(CCC#N)C(=O)OC(C)(C)C. The van der Waals surface area contributed by atoms with Crippen molar-refractivity contribution in [2.45, 2.75) is 45.6 Å². The van der Waals surface area contributed by atoms with Crippen molar-refractivity contribution in [2.75, 3.05) is 33.7 Å². The van der Waals surface area contributed by atoms with E-state index in [4.69, 9.17) is 10.00 Å². The average Bonchev–Trinajstić information content (AvgIpc) is 2.25. The Morgan fingerprint density at radius 1 is 1.16 bits per heavy atom. The van der Waals surface area contributed by atoms with Crippen LogP contribution >= 0.6 is 0 Å². The number of hydrogen-bond donors (Lipinski definition) is 0. The number of unbranched alkanes of at least 4 members (excludes halogenated alkanes) is 1. The molecule has 0 saturated carbocycles. The van der Waals surface area contributed by atoms with E-state index in [0.717, 1.165) is 19.4 Å². The lowest BCUT2D eigenvalue weighted by atomic mass is 10.2. The lowest BCUT2D eigenvalue weighted by Gasteiger charge is -2.27. The molecule has 0 aliphatic heterocycles. The van der Waals surface area contributed by atoms with Gasteiger partial charge in [0.2, 0.25) is 0 Å². The molecule has 0 rings (SSSR count). The average molecular weight is 269 g/mol. The monoisotopic (exact) mass is 269 g/mol. The summed E-state index contributed by atoms with van der Waals surface area (Å²) in [5.41, 5.74) is -0.494. The highest BCUT2D eigenvalue weighted by Gasteiger charge is 2.21. The second-order valence-corrected chi connectivity index (χ2v) is 5.89. The summed E-state index contributed by atoms with van der Waals surface area (Å²) in [5.74, 6) is 0. The lowest BCUT2D eigenvalue weighted by molar-refractivity contribution is 0.0250. The first-order valence-electron chi connectivity index (χ1n) is 6.76. The van der Waals surface area contributed by atoms with Crippen molar-refractivity contribution in [3.05, 3.63) is 0 Å². The van der Waals surface area contributed by atoms with Gasteiger partial charge in [-0.2, -0.15) is 5.26 Å². The third-order valence-corrected chi connectivity index (χ3v) is 2.43. The van der Waals surface area contributed by atoms with E-state index in [2.05, 4.69) is 11.0 Å². The lowest BCUT2D eigenvalue weighted by Crippen LogP contribution is -2.38. The first-order chi connectivity index (χ1) is 8.76. The first-order valence-corrected chi connectivity index (χ1v) is 6.76. The molecule has 0 aliphatic rings. The summed E-state index contributed by atoms with van der Waals surface area (Å²) < 4.78 is 5.34. The maximum Gasteiger partial charge on any atom is 0.410 e. The fourth-order valence-corrected chi connectivity index (χ4v) is 1.54. The second-order valence-electron chi connectivity index (χ2n) is 5.89. The van der Waals surface area contributed by atoms with E-state index in [0.29, 0.717) is 19.5 Å². The standard InChI is InChI=1S/C14H27N3O2/c1-14(2,3)19-13(18)17(12-8-9-15)11-7-6-10-16(4)5/h6-8,10-12H2,1-5H3. The van der Waals surface area contributed by atoms with Crippen molar-refractivity contribution in [3.8, 4) is 6.07 Å². The third kappa shape index (κ3) is 10.3. The van der Waals surface area contributed by atoms with Crippen molar-refractivity contribution in [1.82, 2.24) is 9.80 Å². The summed E-state index contributed by atoms with van der Waals surface area (Å²) in [7, 11) is 4.06. The summed E-state index contributed by atoms with van der Waals surface area (Å²) >= 11 is 0. The molecule has 5 nitrogen and oxygen atoms in total. The molecule has 0 unspecified atom stereocenters. The number of carbonyl (C=O) groups is 1. The molecule has 0 spiro atoms. The van der Waals surface area contributed by atoms with Gasteiger partial charge in [-0.25, -0.2) is 4.79 Å². The van der Waals surface area contributed by atoms with Crippen molar-refractivity contribution < 1.29 is 9.53 Å². The van der Waals surface area contributed by atoms with Gasteiger partial charge in [0.15, 0.2) is 0 Å². The minimum atomic E-state index is -0.494. The maximum absolute atomic E-state index is 12.0. The van der Waals surface area contributed by atoms with Crippen LogP contribution in [0.2, 0.25) is 0 Å². The molecule has 0 aromatic rings. The Balaban J connectivity index is 4.22. The van der Waals surface area contributed by atoms with Gasteiger partial charge < -0.3 is 14.5 Å². The van der Waals surface area contributed by atoms with Crippen molar-refractivity contribution in [3.63, 3.8) is 0 Å². The third-order valence-electron chi connectivity index (χ3n) is 2.43. The first kappa shape index (κ1) is 17.7. The molecular formula is C14H27N3O2. The van der Waals surface area contributed by atoms with Crippen LogP contribution in [0.15, 0.2) is 0 Å². The van der Waals surface area contributed by atoms with Gasteiger partial charge in [0.1, 0.15) is 5.60 Å². The quantitative estimate of drug-likeness (QED) is 0.666. The summed E-state index contributed by atoms with van der Waals surface area (Å²) in [6.07, 6.45) is 1.96. The molecule has 5 heteroatoms. The van der Waals surface area contributed by atoms with Crippen LogP contribution in [0.5, 0.6) is 0 Å². The van der Waals surface area contributed by atoms with Gasteiger partial charge in [0.25, 0.3) is 0 Å². The number of carbonyl (C=O) groups excluding carboxylic acids is 1.